The number of ether oxygens (including phenoxy) is 1. The molecule has 1 aromatic heterocycles. The third-order valence-corrected chi connectivity index (χ3v) is 5.13. The lowest BCUT2D eigenvalue weighted by Gasteiger charge is -2.19. The maximum atomic E-state index is 13.4. The zero-order valence-electron chi connectivity index (χ0n) is 18.0. The number of anilines is 1. The van der Waals surface area contributed by atoms with Crippen LogP contribution in [0.5, 0.6) is 5.75 Å². The van der Waals surface area contributed by atoms with Crippen LogP contribution in [0.3, 0.4) is 0 Å². The number of pyridine rings is 1. The van der Waals surface area contributed by atoms with E-state index in [0.717, 1.165) is 17.0 Å². The molecule has 0 saturated heterocycles. The van der Waals surface area contributed by atoms with Crippen molar-refractivity contribution in [2.24, 2.45) is 0 Å². The number of aromatic nitrogens is 1. The van der Waals surface area contributed by atoms with Crippen LogP contribution in [0.2, 0.25) is 0 Å². The Hall–Kier alpha value is -3.25. The number of rotatable bonds is 5. The summed E-state index contributed by atoms with van der Waals surface area (Å²) in [6, 6.07) is 16.6. The van der Waals surface area contributed by atoms with Gasteiger partial charge in [0.1, 0.15) is 11.6 Å². The quantitative estimate of drug-likeness (QED) is 0.276. The topological polar surface area (TPSA) is 48.2 Å². The lowest BCUT2D eigenvalue weighted by Crippen LogP contribution is -2.40. The van der Waals surface area contributed by atoms with Crippen molar-refractivity contribution < 1.29 is 18.8 Å². The predicted octanol–water partition coefficient (Wildman–Crippen LogP) is 4.54. The van der Waals surface area contributed by atoms with Crippen LogP contribution in [0.1, 0.15) is 31.9 Å². The number of nitrogens with one attached hydrogen (secondary N) is 1. The second-order valence-electron chi connectivity index (χ2n) is 8.11. The zero-order valence-corrected chi connectivity index (χ0v) is 18.8. The summed E-state index contributed by atoms with van der Waals surface area (Å²) >= 11 is 5.61. The molecule has 0 unspecified atom stereocenters. The van der Waals surface area contributed by atoms with Gasteiger partial charge >= 0.3 is 0 Å². The lowest BCUT2D eigenvalue weighted by atomic mass is 9.88. The van der Waals surface area contributed by atoms with E-state index < -0.39 is 5.82 Å². The average Bonchev–Trinajstić information content (AvgIpc) is 2.74. The Bertz CT molecular complexity index is 1080. The van der Waals surface area contributed by atoms with Crippen LogP contribution in [0.15, 0.2) is 73.1 Å². The summed E-state index contributed by atoms with van der Waals surface area (Å²) in [6.45, 7) is 6.37. The van der Waals surface area contributed by atoms with Crippen molar-refractivity contribution in [1.29, 1.82) is 0 Å². The number of halogens is 1. The van der Waals surface area contributed by atoms with Gasteiger partial charge in [0.05, 0.1) is 7.11 Å². The van der Waals surface area contributed by atoms with Crippen LogP contribution >= 0.6 is 12.2 Å². The molecule has 3 aromatic rings. The number of methoxy groups -OCH3 is 1. The molecule has 0 atom stereocenters. The van der Waals surface area contributed by atoms with Gasteiger partial charge in [0.15, 0.2) is 17.4 Å². The molecular weight excluding hydrogens is 411 g/mol. The molecule has 0 bridgehead atoms. The van der Waals surface area contributed by atoms with Crippen LogP contribution < -0.4 is 19.7 Å². The SMILES string of the molecule is COc1ccc(NC(=S)/C(=C(\[O-])c2ccc(F)cc2)[n+]2ccc(C(C)(C)C)cc2)cc1. The van der Waals surface area contributed by atoms with Gasteiger partial charge in [-0.1, -0.05) is 45.1 Å². The second-order valence-corrected chi connectivity index (χ2v) is 8.52. The predicted molar refractivity (Wildman–Crippen MR) is 124 cm³/mol. The van der Waals surface area contributed by atoms with Gasteiger partial charge in [-0.25, -0.2) is 4.39 Å². The molecule has 1 N–H and O–H groups in total. The fourth-order valence-corrected chi connectivity index (χ4v) is 3.33. The highest BCUT2D eigenvalue weighted by Gasteiger charge is 2.21. The Balaban J connectivity index is 2.03. The van der Waals surface area contributed by atoms with Crippen molar-refractivity contribution >= 4 is 34.3 Å². The summed E-state index contributed by atoms with van der Waals surface area (Å²) in [5.74, 6) is 0.00828. The summed E-state index contributed by atoms with van der Waals surface area (Å²) in [7, 11) is 1.60. The number of benzene rings is 2. The van der Waals surface area contributed by atoms with E-state index >= 15 is 0 Å². The van der Waals surface area contributed by atoms with Gasteiger partial charge in [0.25, 0.3) is 0 Å². The van der Waals surface area contributed by atoms with Gasteiger partial charge in [-0.3, -0.25) is 0 Å². The Morgan fingerprint density at radius 2 is 1.55 bits per heavy atom. The van der Waals surface area contributed by atoms with Crippen molar-refractivity contribution in [3.8, 4) is 5.75 Å². The summed E-state index contributed by atoms with van der Waals surface area (Å²) < 4.78 is 20.2. The first-order valence-electron chi connectivity index (χ1n) is 9.84. The van der Waals surface area contributed by atoms with E-state index in [1.54, 1.807) is 23.8 Å². The van der Waals surface area contributed by atoms with E-state index in [4.69, 9.17) is 17.0 Å². The summed E-state index contributed by atoms with van der Waals surface area (Å²) in [6.07, 6.45) is 3.64. The van der Waals surface area contributed by atoms with Gasteiger partial charge < -0.3 is 15.2 Å². The van der Waals surface area contributed by atoms with Crippen LogP contribution in [0, 0.1) is 5.82 Å². The minimum absolute atomic E-state index is 0.0257. The van der Waals surface area contributed by atoms with Crippen molar-refractivity contribution in [3.05, 3.63) is 90.0 Å². The van der Waals surface area contributed by atoms with Gasteiger partial charge in [0.2, 0.25) is 5.70 Å². The Morgan fingerprint density at radius 3 is 2.06 bits per heavy atom. The molecule has 0 spiro atoms. The molecule has 2 aromatic carbocycles. The fraction of sp³-hybridized carbons (Fsp3) is 0.200. The highest BCUT2D eigenvalue weighted by Crippen LogP contribution is 2.22. The first kappa shape index (κ1) is 22.4. The van der Waals surface area contributed by atoms with Crippen molar-refractivity contribution in [1.82, 2.24) is 0 Å². The van der Waals surface area contributed by atoms with E-state index in [2.05, 4.69) is 26.1 Å². The zero-order chi connectivity index (χ0) is 22.6. The normalized spacial score (nSPS) is 12.2. The number of thiocarbonyl (C=S) groups is 1. The van der Waals surface area contributed by atoms with E-state index in [1.165, 1.54) is 24.3 Å². The molecule has 1 heterocycles. The third-order valence-electron chi connectivity index (χ3n) is 4.84. The van der Waals surface area contributed by atoms with E-state index in [0.29, 0.717) is 5.56 Å². The fourth-order valence-electron chi connectivity index (χ4n) is 3.02. The van der Waals surface area contributed by atoms with Crippen molar-refractivity contribution in [2.75, 3.05) is 12.4 Å². The summed E-state index contributed by atoms with van der Waals surface area (Å²) in [5, 5.41) is 16.5. The lowest BCUT2D eigenvalue weighted by molar-refractivity contribution is -0.577. The van der Waals surface area contributed by atoms with Crippen molar-refractivity contribution in [3.63, 3.8) is 0 Å². The Morgan fingerprint density at radius 1 is 0.968 bits per heavy atom. The van der Waals surface area contributed by atoms with E-state index in [9.17, 15) is 9.50 Å². The van der Waals surface area contributed by atoms with Crippen LogP contribution in [0.25, 0.3) is 11.5 Å². The maximum absolute atomic E-state index is 13.4. The minimum Gasteiger partial charge on any atom is -0.867 e. The van der Waals surface area contributed by atoms with Gasteiger partial charge in [-0.05, 0) is 58.7 Å². The molecule has 0 aliphatic carbocycles. The Labute approximate surface area is 187 Å². The molecule has 0 aliphatic heterocycles. The molecule has 0 amide bonds. The van der Waals surface area contributed by atoms with Crippen LogP contribution in [-0.2, 0) is 5.41 Å². The van der Waals surface area contributed by atoms with E-state index in [1.807, 2.05) is 36.7 Å². The molecule has 0 fully saturated rings. The van der Waals surface area contributed by atoms with E-state index in [-0.39, 0.29) is 21.9 Å². The largest absolute Gasteiger partial charge is 0.867 e. The van der Waals surface area contributed by atoms with Gasteiger partial charge in [-0.15, -0.1) is 0 Å². The first-order chi connectivity index (χ1) is 14.7. The molecule has 0 saturated carbocycles. The van der Waals surface area contributed by atoms with Crippen molar-refractivity contribution in [2.45, 2.75) is 26.2 Å². The molecule has 3 rings (SSSR count). The van der Waals surface area contributed by atoms with Gasteiger partial charge in [-0.2, -0.15) is 4.57 Å². The maximum Gasteiger partial charge on any atom is 0.238 e. The molecule has 0 aliphatic rings. The highest BCUT2D eigenvalue weighted by atomic mass is 32.1. The standard InChI is InChI=1S/C25H25FN2O2S/c1-25(2,3)18-13-15-28(16-14-18)22(23(29)17-5-7-19(26)8-6-17)24(31)27-20-9-11-21(30-4)12-10-20/h5-16H,1-4H3,(H-,27,29,31). The number of hydrogen-bond acceptors (Lipinski definition) is 3. The first-order valence-corrected chi connectivity index (χ1v) is 10.2. The third kappa shape index (κ3) is 5.47. The monoisotopic (exact) mass is 436 g/mol. The molecule has 160 valence electrons. The van der Waals surface area contributed by atoms with Crippen LogP contribution in [-0.4, -0.2) is 12.1 Å². The molecule has 4 nitrogen and oxygen atoms in total. The summed E-state index contributed by atoms with van der Waals surface area (Å²) in [4.78, 5) is 0.257. The Kier molecular flexibility index (Phi) is 6.71. The molecule has 0 radical (unpaired) electrons. The number of hydrogen-bond donors (Lipinski definition) is 1. The molecule has 31 heavy (non-hydrogen) atoms. The summed E-state index contributed by atoms with van der Waals surface area (Å²) in [5.41, 5.74) is 2.45. The highest BCUT2D eigenvalue weighted by molar-refractivity contribution is 7.81. The second kappa shape index (κ2) is 9.27. The minimum atomic E-state index is -0.404. The molecule has 6 heteroatoms. The van der Waals surface area contributed by atoms with Crippen LogP contribution in [0.4, 0.5) is 10.1 Å². The average molecular weight is 437 g/mol. The molecular formula is C25H25FN2O2S. The number of nitrogens with zero attached hydrogens (tertiary/aromatic N) is 1. The van der Waals surface area contributed by atoms with Gasteiger partial charge in [0, 0.05) is 17.8 Å². The smallest absolute Gasteiger partial charge is 0.238 e.